The summed E-state index contributed by atoms with van der Waals surface area (Å²) in [5.41, 5.74) is 14.4. The molecule has 9 nitrogen and oxygen atoms in total. The van der Waals surface area contributed by atoms with E-state index < -0.39 is 30.4 Å². The van der Waals surface area contributed by atoms with Crippen molar-refractivity contribution in [3.05, 3.63) is 54.5 Å². The average molecular weight is 411 g/mol. The monoisotopic (exact) mass is 411 g/mol. The van der Waals surface area contributed by atoms with Crippen LogP contribution in [0.15, 0.2) is 48.9 Å². The zero-order valence-electron chi connectivity index (χ0n) is 16.3. The van der Waals surface area contributed by atoms with E-state index in [0.29, 0.717) is 23.3 Å². The van der Waals surface area contributed by atoms with Crippen molar-refractivity contribution in [2.45, 2.75) is 37.3 Å². The molecule has 0 radical (unpaired) electrons. The summed E-state index contributed by atoms with van der Waals surface area (Å²) in [7, 11) is 0. The van der Waals surface area contributed by atoms with Crippen LogP contribution in [0.4, 0.5) is 5.69 Å². The molecule has 1 saturated heterocycles. The Hall–Kier alpha value is -2.85. The number of imidazole rings is 1. The van der Waals surface area contributed by atoms with Gasteiger partial charge in [-0.3, -0.25) is 9.36 Å². The van der Waals surface area contributed by atoms with Crippen LogP contribution in [0.25, 0.3) is 11.2 Å². The van der Waals surface area contributed by atoms with Crippen LogP contribution < -0.4 is 11.5 Å². The minimum atomic E-state index is -1.05. The molecule has 0 amide bonds. The number of nitrogens with two attached hydrogens (primary N) is 2. The number of aliphatic hydroxyl groups excluding tert-OH is 2. The van der Waals surface area contributed by atoms with Gasteiger partial charge in [0, 0.05) is 18.5 Å². The lowest BCUT2D eigenvalue weighted by Gasteiger charge is -2.20. The number of hydrogen-bond acceptors (Lipinski definition) is 8. The summed E-state index contributed by atoms with van der Waals surface area (Å²) in [6.07, 6.45) is 0.841. The van der Waals surface area contributed by atoms with E-state index in [0.717, 1.165) is 5.56 Å². The summed E-state index contributed by atoms with van der Waals surface area (Å²) < 4.78 is 7.45. The van der Waals surface area contributed by atoms with Gasteiger partial charge in [0.1, 0.15) is 17.4 Å². The van der Waals surface area contributed by atoms with E-state index in [1.54, 1.807) is 16.8 Å². The fourth-order valence-corrected chi connectivity index (χ4v) is 3.96. The van der Waals surface area contributed by atoms with E-state index >= 15 is 0 Å². The quantitative estimate of drug-likeness (QED) is 0.437. The molecule has 0 aliphatic carbocycles. The molecule has 5 atom stereocenters. The first-order chi connectivity index (χ1) is 14.5. The number of carbonyl (C=O) groups is 1. The number of aromatic nitrogens is 3. The third kappa shape index (κ3) is 3.80. The Morgan fingerprint density at radius 2 is 2.00 bits per heavy atom. The highest BCUT2D eigenvalue weighted by Crippen LogP contribution is 2.37. The van der Waals surface area contributed by atoms with Gasteiger partial charge in [0.25, 0.3) is 0 Å². The summed E-state index contributed by atoms with van der Waals surface area (Å²) in [5.74, 6) is -0.795. The van der Waals surface area contributed by atoms with Gasteiger partial charge >= 0.3 is 0 Å². The van der Waals surface area contributed by atoms with E-state index in [1.165, 1.54) is 6.33 Å². The normalized spacial score (nSPS) is 24.9. The van der Waals surface area contributed by atoms with E-state index in [2.05, 4.69) is 9.97 Å². The number of ether oxygens (including phenoxy) is 1. The smallest absolute Gasteiger partial charge is 0.164 e. The Labute approximate surface area is 173 Å². The van der Waals surface area contributed by atoms with Crippen LogP contribution in [-0.2, 0) is 16.0 Å². The van der Waals surface area contributed by atoms with Crippen molar-refractivity contribution in [2.75, 3.05) is 12.3 Å². The van der Waals surface area contributed by atoms with Gasteiger partial charge in [-0.1, -0.05) is 30.3 Å². The lowest BCUT2D eigenvalue weighted by molar-refractivity contribution is -0.122. The number of pyridine rings is 1. The minimum Gasteiger partial charge on any atom is -0.397 e. The summed E-state index contributed by atoms with van der Waals surface area (Å²) in [6, 6.07) is 10.4. The molecule has 1 unspecified atom stereocenters. The van der Waals surface area contributed by atoms with Gasteiger partial charge in [0.15, 0.2) is 11.9 Å². The molecule has 3 aromatic rings. The van der Waals surface area contributed by atoms with Crippen LogP contribution in [0, 0.1) is 5.92 Å². The van der Waals surface area contributed by atoms with E-state index in [-0.39, 0.29) is 18.8 Å². The summed E-state index contributed by atoms with van der Waals surface area (Å²) >= 11 is 0. The van der Waals surface area contributed by atoms with Crippen LogP contribution in [0.3, 0.4) is 0 Å². The first-order valence-corrected chi connectivity index (χ1v) is 9.83. The lowest BCUT2D eigenvalue weighted by Crippen LogP contribution is -2.38. The number of nitrogens with zero attached hydrogens (tertiary/aromatic N) is 3. The second kappa shape index (κ2) is 8.49. The van der Waals surface area contributed by atoms with Gasteiger partial charge in [-0.25, -0.2) is 9.97 Å². The summed E-state index contributed by atoms with van der Waals surface area (Å²) in [6.45, 7) is -0.332. The summed E-state index contributed by atoms with van der Waals surface area (Å²) in [4.78, 5) is 21.3. The van der Waals surface area contributed by atoms with Gasteiger partial charge in [-0.2, -0.15) is 0 Å². The molecule has 4 rings (SSSR count). The number of hydrogen-bond donors (Lipinski definition) is 4. The van der Waals surface area contributed by atoms with Crippen LogP contribution >= 0.6 is 0 Å². The van der Waals surface area contributed by atoms with Crippen LogP contribution in [0.1, 0.15) is 18.2 Å². The number of aliphatic hydroxyl groups is 2. The molecule has 6 N–H and O–H groups in total. The van der Waals surface area contributed by atoms with Crippen molar-refractivity contribution >= 4 is 22.6 Å². The molecular weight excluding hydrogens is 386 g/mol. The lowest BCUT2D eigenvalue weighted by atomic mass is 9.89. The number of nitrogen functional groups attached to an aromatic ring is 1. The molecule has 0 spiro atoms. The van der Waals surface area contributed by atoms with Crippen LogP contribution in [0.2, 0.25) is 0 Å². The number of carbonyl (C=O) groups excluding carboxylic acids is 1. The highest BCUT2D eigenvalue weighted by Gasteiger charge is 2.46. The molecule has 1 aromatic carbocycles. The molecule has 2 aromatic heterocycles. The fourth-order valence-electron chi connectivity index (χ4n) is 3.96. The average Bonchev–Trinajstić information content (AvgIpc) is 3.31. The Balaban J connectivity index is 1.51. The third-order valence-corrected chi connectivity index (χ3v) is 5.62. The SMILES string of the molecule is Nc1ccnc2c1ncn2[C@@H]1O[C@H](CO)[C@H](CC(=O)[C@@H](N)Cc2ccccc2)C1O. The molecular formula is C21H25N5O4. The molecule has 0 bridgehead atoms. The molecule has 9 heteroatoms. The van der Waals surface area contributed by atoms with Gasteiger partial charge < -0.3 is 26.4 Å². The maximum atomic E-state index is 12.7. The zero-order valence-corrected chi connectivity index (χ0v) is 16.3. The minimum absolute atomic E-state index is 0.000902. The Kier molecular flexibility index (Phi) is 5.78. The predicted octanol–water partition coefficient (Wildman–Crippen LogP) is 0.409. The Bertz CT molecular complexity index is 1020. The molecule has 3 heterocycles. The van der Waals surface area contributed by atoms with E-state index in [9.17, 15) is 15.0 Å². The van der Waals surface area contributed by atoms with Crippen molar-refractivity contribution < 1.29 is 19.7 Å². The number of fused-ring (bicyclic) bond motifs is 1. The molecule has 1 aliphatic rings. The molecule has 30 heavy (non-hydrogen) atoms. The zero-order chi connectivity index (χ0) is 21.3. The van der Waals surface area contributed by atoms with E-state index in [1.807, 2.05) is 30.3 Å². The number of Topliss-reactive ketones (excluding diaryl/α,β-unsaturated/α-hetero) is 1. The Morgan fingerprint density at radius 3 is 2.73 bits per heavy atom. The van der Waals surface area contributed by atoms with Gasteiger partial charge in [-0.05, 0) is 18.1 Å². The summed E-state index contributed by atoms with van der Waals surface area (Å²) in [5, 5.41) is 20.7. The number of benzene rings is 1. The first-order valence-electron chi connectivity index (χ1n) is 9.83. The third-order valence-electron chi connectivity index (χ3n) is 5.62. The van der Waals surface area contributed by atoms with Crippen molar-refractivity contribution in [1.82, 2.24) is 14.5 Å². The van der Waals surface area contributed by atoms with Crippen LogP contribution in [-0.4, -0.2) is 55.4 Å². The molecule has 1 fully saturated rings. The van der Waals surface area contributed by atoms with Gasteiger partial charge in [0.2, 0.25) is 0 Å². The van der Waals surface area contributed by atoms with Crippen molar-refractivity contribution in [1.29, 1.82) is 0 Å². The highest BCUT2D eigenvalue weighted by molar-refractivity contribution is 5.85. The molecule has 158 valence electrons. The maximum absolute atomic E-state index is 12.7. The molecule has 0 saturated carbocycles. The van der Waals surface area contributed by atoms with Crippen molar-refractivity contribution in [2.24, 2.45) is 11.7 Å². The Morgan fingerprint density at radius 1 is 1.23 bits per heavy atom. The largest absolute Gasteiger partial charge is 0.397 e. The molecule has 1 aliphatic heterocycles. The topological polar surface area (TPSA) is 150 Å². The standard InChI is InChI=1S/C21H25N5O4/c22-14-6-7-24-20-18(14)25-11-26(20)21-19(29)13(17(10-27)30-21)9-16(28)15(23)8-12-4-2-1-3-5-12/h1-7,11,13,15,17,19,21,27,29H,8-10,23H2,(H2,22,24)/t13-,15-,17+,19?,21+/m0/s1. The van der Waals surface area contributed by atoms with Crippen molar-refractivity contribution in [3.8, 4) is 0 Å². The predicted molar refractivity (Wildman–Crippen MR) is 110 cm³/mol. The number of anilines is 1. The number of rotatable bonds is 7. The second-order valence-corrected chi connectivity index (χ2v) is 7.59. The highest BCUT2D eigenvalue weighted by atomic mass is 16.5. The van der Waals surface area contributed by atoms with Crippen molar-refractivity contribution in [3.63, 3.8) is 0 Å². The van der Waals surface area contributed by atoms with Crippen LogP contribution in [0.5, 0.6) is 0 Å². The first kappa shape index (κ1) is 20.4. The van der Waals surface area contributed by atoms with E-state index in [4.69, 9.17) is 16.2 Å². The second-order valence-electron chi connectivity index (χ2n) is 7.59. The number of ketones is 1. The maximum Gasteiger partial charge on any atom is 0.164 e. The van der Waals surface area contributed by atoms with Gasteiger partial charge in [0.05, 0.1) is 30.8 Å². The van der Waals surface area contributed by atoms with Gasteiger partial charge in [-0.15, -0.1) is 0 Å². The fraction of sp³-hybridized carbons (Fsp3) is 0.381.